The average molecular weight is 370 g/mol. The van der Waals surface area contributed by atoms with Crippen molar-refractivity contribution < 1.29 is 9.90 Å². The van der Waals surface area contributed by atoms with Crippen molar-refractivity contribution in [1.82, 2.24) is 4.90 Å². The van der Waals surface area contributed by atoms with Gasteiger partial charge in [-0.25, -0.2) is 0 Å². The lowest BCUT2D eigenvalue weighted by Crippen LogP contribution is -2.39. The molecule has 156 valence electrons. The van der Waals surface area contributed by atoms with Gasteiger partial charge in [0.05, 0.1) is 0 Å². The molecule has 0 saturated heterocycles. The van der Waals surface area contributed by atoms with Crippen molar-refractivity contribution in [2.24, 2.45) is 0 Å². The Balaban J connectivity index is 3.80. The Morgan fingerprint density at radius 2 is 0.962 bits per heavy atom. The third-order valence-corrected chi connectivity index (χ3v) is 5.23. The summed E-state index contributed by atoms with van der Waals surface area (Å²) in [6, 6.07) is 0. The fourth-order valence-corrected chi connectivity index (χ4v) is 3.47. The summed E-state index contributed by atoms with van der Waals surface area (Å²) in [5.74, 6) is -0.0871. The molecule has 0 aliphatic heterocycles. The zero-order chi connectivity index (χ0) is 19.5. The number of hydrogen-bond donors (Lipinski definition) is 1. The highest BCUT2D eigenvalue weighted by Crippen LogP contribution is 2.12. The van der Waals surface area contributed by atoms with E-state index < -0.39 is 6.10 Å². The molecule has 0 unspecified atom stereocenters. The number of nitrogens with zero attached hydrogens (tertiary/aromatic N) is 1. The number of amides is 1. The summed E-state index contributed by atoms with van der Waals surface area (Å²) < 4.78 is 0. The van der Waals surface area contributed by atoms with E-state index in [9.17, 15) is 9.90 Å². The number of rotatable bonds is 19. The lowest BCUT2D eigenvalue weighted by molar-refractivity contribution is -0.139. The van der Waals surface area contributed by atoms with Crippen molar-refractivity contribution in [3.05, 3.63) is 0 Å². The summed E-state index contributed by atoms with van der Waals surface area (Å²) in [5.41, 5.74) is 0. The van der Waals surface area contributed by atoms with Gasteiger partial charge in [0, 0.05) is 13.1 Å². The Bertz CT molecular complexity index is 285. The number of unbranched alkanes of at least 4 members (excludes halogenated alkanes) is 14. The summed E-state index contributed by atoms with van der Waals surface area (Å²) in [5, 5.41) is 9.65. The van der Waals surface area contributed by atoms with E-state index in [1.54, 1.807) is 6.92 Å². The number of aliphatic hydroxyl groups excluding tert-OH is 1. The van der Waals surface area contributed by atoms with Gasteiger partial charge in [-0.3, -0.25) is 4.79 Å². The summed E-state index contributed by atoms with van der Waals surface area (Å²) in [6.45, 7) is 7.72. The van der Waals surface area contributed by atoms with Gasteiger partial charge in [-0.05, 0) is 19.8 Å². The molecule has 1 N–H and O–H groups in total. The number of aliphatic hydroxyl groups is 1. The van der Waals surface area contributed by atoms with Crippen LogP contribution in [0.25, 0.3) is 0 Å². The Morgan fingerprint density at radius 3 is 1.27 bits per heavy atom. The van der Waals surface area contributed by atoms with E-state index in [4.69, 9.17) is 0 Å². The van der Waals surface area contributed by atoms with Crippen molar-refractivity contribution in [3.8, 4) is 0 Å². The Hall–Kier alpha value is -0.570. The van der Waals surface area contributed by atoms with Crippen LogP contribution in [0.15, 0.2) is 0 Å². The second-order valence-electron chi connectivity index (χ2n) is 7.95. The quantitative estimate of drug-likeness (QED) is 0.265. The van der Waals surface area contributed by atoms with Crippen LogP contribution in [-0.4, -0.2) is 35.1 Å². The highest BCUT2D eigenvalue weighted by Gasteiger charge is 2.17. The van der Waals surface area contributed by atoms with Crippen molar-refractivity contribution in [3.63, 3.8) is 0 Å². The third kappa shape index (κ3) is 15.7. The molecule has 0 aliphatic rings. The number of carbonyl (C=O) groups is 1. The first kappa shape index (κ1) is 25.4. The largest absolute Gasteiger partial charge is 0.384 e. The molecule has 0 rings (SSSR count). The fraction of sp³-hybridized carbons (Fsp3) is 0.957. The van der Waals surface area contributed by atoms with Gasteiger partial charge in [0.1, 0.15) is 6.10 Å². The van der Waals surface area contributed by atoms with E-state index in [0.29, 0.717) is 0 Å². The normalized spacial score (nSPS) is 12.3. The monoisotopic (exact) mass is 369 g/mol. The minimum atomic E-state index is -0.863. The van der Waals surface area contributed by atoms with Crippen molar-refractivity contribution in [2.75, 3.05) is 13.1 Å². The molecular formula is C23H47NO2. The predicted octanol–water partition coefficient (Wildman–Crippen LogP) is 6.48. The van der Waals surface area contributed by atoms with Crippen molar-refractivity contribution >= 4 is 5.91 Å². The molecule has 0 bridgehead atoms. The molecule has 0 aromatic heterocycles. The summed E-state index contributed by atoms with van der Waals surface area (Å²) in [7, 11) is 0. The van der Waals surface area contributed by atoms with Gasteiger partial charge >= 0.3 is 0 Å². The topological polar surface area (TPSA) is 40.5 Å². The smallest absolute Gasteiger partial charge is 0.251 e. The average Bonchev–Trinajstić information content (AvgIpc) is 2.63. The lowest BCUT2D eigenvalue weighted by atomic mass is 10.1. The Labute approximate surface area is 163 Å². The van der Waals surface area contributed by atoms with Crippen LogP contribution in [0.5, 0.6) is 0 Å². The minimum absolute atomic E-state index is 0.0871. The van der Waals surface area contributed by atoms with Crippen LogP contribution in [0.3, 0.4) is 0 Å². The molecule has 1 atom stereocenters. The summed E-state index contributed by atoms with van der Waals surface area (Å²) in [6.07, 6.45) is 19.6. The SMILES string of the molecule is CCCCCCCCCCN(CCCCCCCCCC)C(=O)[C@@H](C)O. The molecule has 0 fully saturated rings. The molecule has 3 nitrogen and oxygen atoms in total. The first-order valence-electron chi connectivity index (χ1n) is 11.6. The standard InChI is InChI=1S/C23H47NO2/c1-4-6-8-10-12-14-16-18-20-24(23(26)22(3)25)21-19-17-15-13-11-9-7-5-2/h22,25H,4-21H2,1-3H3/t22-/m1/s1. The first-order chi connectivity index (χ1) is 12.6. The first-order valence-corrected chi connectivity index (χ1v) is 11.6. The molecule has 0 aliphatic carbocycles. The van der Waals surface area contributed by atoms with Crippen LogP contribution in [-0.2, 0) is 4.79 Å². The van der Waals surface area contributed by atoms with Crippen LogP contribution in [0.2, 0.25) is 0 Å². The molecule has 26 heavy (non-hydrogen) atoms. The molecule has 0 aromatic rings. The molecule has 1 amide bonds. The van der Waals surface area contributed by atoms with Crippen LogP contribution in [0.4, 0.5) is 0 Å². The van der Waals surface area contributed by atoms with E-state index in [-0.39, 0.29) is 5.91 Å². The Kier molecular flexibility index (Phi) is 18.8. The Morgan fingerprint density at radius 1 is 0.654 bits per heavy atom. The molecule has 0 aromatic carbocycles. The van der Waals surface area contributed by atoms with Crippen LogP contribution in [0, 0.1) is 0 Å². The molecule has 0 radical (unpaired) electrons. The minimum Gasteiger partial charge on any atom is -0.384 e. The van der Waals surface area contributed by atoms with Crippen molar-refractivity contribution in [1.29, 1.82) is 0 Å². The third-order valence-electron chi connectivity index (χ3n) is 5.23. The van der Waals surface area contributed by atoms with E-state index >= 15 is 0 Å². The lowest BCUT2D eigenvalue weighted by Gasteiger charge is -2.24. The van der Waals surface area contributed by atoms with E-state index in [2.05, 4.69) is 13.8 Å². The second kappa shape index (κ2) is 19.2. The van der Waals surface area contributed by atoms with Gasteiger partial charge in [-0.15, -0.1) is 0 Å². The molecule has 0 spiro atoms. The van der Waals surface area contributed by atoms with Crippen molar-refractivity contribution in [2.45, 2.75) is 130 Å². The summed E-state index contributed by atoms with van der Waals surface area (Å²) >= 11 is 0. The van der Waals surface area contributed by atoms with E-state index in [1.165, 1.54) is 89.9 Å². The number of carbonyl (C=O) groups excluding carboxylic acids is 1. The van der Waals surface area contributed by atoms with Crippen LogP contribution >= 0.6 is 0 Å². The number of hydrogen-bond acceptors (Lipinski definition) is 2. The van der Waals surface area contributed by atoms with Crippen LogP contribution < -0.4 is 0 Å². The predicted molar refractivity (Wildman–Crippen MR) is 113 cm³/mol. The zero-order valence-corrected chi connectivity index (χ0v) is 18.1. The van der Waals surface area contributed by atoms with Gasteiger partial charge in [0.15, 0.2) is 0 Å². The second-order valence-corrected chi connectivity index (χ2v) is 7.95. The molecule has 0 heterocycles. The van der Waals surface area contributed by atoms with Gasteiger partial charge in [0.25, 0.3) is 5.91 Å². The van der Waals surface area contributed by atoms with Gasteiger partial charge in [0.2, 0.25) is 0 Å². The molecule has 0 saturated carbocycles. The zero-order valence-electron chi connectivity index (χ0n) is 18.1. The molecule has 3 heteroatoms. The highest BCUT2D eigenvalue weighted by atomic mass is 16.3. The fourth-order valence-electron chi connectivity index (χ4n) is 3.47. The maximum absolute atomic E-state index is 12.2. The van der Waals surface area contributed by atoms with Gasteiger partial charge in [-0.2, -0.15) is 0 Å². The van der Waals surface area contributed by atoms with Gasteiger partial charge in [-0.1, -0.05) is 104 Å². The summed E-state index contributed by atoms with van der Waals surface area (Å²) in [4.78, 5) is 14.1. The van der Waals surface area contributed by atoms with Gasteiger partial charge < -0.3 is 10.0 Å². The molecular weight excluding hydrogens is 322 g/mol. The van der Waals surface area contributed by atoms with E-state index in [0.717, 1.165) is 25.9 Å². The van der Waals surface area contributed by atoms with Crippen LogP contribution in [0.1, 0.15) is 124 Å². The maximum atomic E-state index is 12.2. The maximum Gasteiger partial charge on any atom is 0.251 e. The highest BCUT2D eigenvalue weighted by molar-refractivity contribution is 5.80. The van der Waals surface area contributed by atoms with E-state index in [1.807, 2.05) is 4.90 Å².